The maximum absolute atomic E-state index is 13.5. The Morgan fingerprint density at radius 2 is 2.06 bits per heavy atom. The number of nitrogens with zero attached hydrogens (tertiary/aromatic N) is 1. The van der Waals surface area contributed by atoms with Crippen LogP contribution >= 0.6 is 0 Å². The number of carboxylic acids is 1. The van der Waals surface area contributed by atoms with Gasteiger partial charge in [-0.3, -0.25) is 9.69 Å². The summed E-state index contributed by atoms with van der Waals surface area (Å²) in [7, 11) is 0. The van der Waals surface area contributed by atoms with Crippen molar-refractivity contribution in [2.45, 2.75) is 72.7 Å². The fraction of sp³-hybridized carbons (Fsp3) is 0.852. The van der Waals surface area contributed by atoms with Gasteiger partial charge in [-0.05, 0) is 62.3 Å². The summed E-state index contributed by atoms with van der Waals surface area (Å²) in [5, 5.41) is 11.0. The van der Waals surface area contributed by atoms with Crippen LogP contribution < -0.4 is 0 Å². The van der Waals surface area contributed by atoms with Gasteiger partial charge in [0.05, 0.1) is 18.1 Å². The average Bonchev–Trinajstić information content (AvgIpc) is 3.34. The first-order valence-corrected chi connectivity index (χ1v) is 13.1. The van der Waals surface area contributed by atoms with Gasteiger partial charge in [0.2, 0.25) is 0 Å². The second kappa shape index (κ2) is 7.89. The third kappa shape index (κ3) is 2.83. The second-order valence-corrected chi connectivity index (χ2v) is 12.0. The number of likely N-dealkylation sites (N-methyl/N-ethyl adjacent to an activating group) is 1. The third-order valence-electron chi connectivity index (χ3n) is 10.4. The summed E-state index contributed by atoms with van der Waals surface area (Å²) >= 11 is 0. The van der Waals surface area contributed by atoms with E-state index in [9.17, 15) is 14.7 Å². The largest absolute Gasteiger partial charge is 0.481 e. The fourth-order valence-corrected chi connectivity index (χ4v) is 9.22. The van der Waals surface area contributed by atoms with Gasteiger partial charge in [0.1, 0.15) is 11.7 Å². The van der Waals surface area contributed by atoms with E-state index in [1.54, 1.807) is 0 Å². The maximum atomic E-state index is 13.5. The molecule has 9 atom stereocenters. The van der Waals surface area contributed by atoms with Gasteiger partial charge in [0, 0.05) is 18.5 Å². The van der Waals surface area contributed by atoms with Crippen LogP contribution in [0.5, 0.6) is 0 Å². The molecule has 1 N–H and O–H groups in total. The molecule has 5 aliphatic rings. The predicted octanol–water partition coefficient (Wildman–Crippen LogP) is 3.99. The van der Waals surface area contributed by atoms with Crippen molar-refractivity contribution in [3.05, 3.63) is 11.6 Å². The number of ether oxygens (including phenoxy) is 2. The van der Waals surface area contributed by atoms with E-state index < -0.39 is 22.2 Å². The lowest BCUT2D eigenvalue weighted by Gasteiger charge is -2.58. The molecule has 4 bridgehead atoms. The van der Waals surface area contributed by atoms with E-state index in [4.69, 9.17) is 9.47 Å². The Balaban J connectivity index is 1.58. The molecule has 1 unspecified atom stereocenters. The number of fused-ring (bicyclic) bond motifs is 2. The van der Waals surface area contributed by atoms with Crippen LogP contribution in [0.15, 0.2) is 11.6 Å². The highest BCUT2D eigenvalue weighted by atomic mass is 16.7. The number of morpholine rings is 1. The minimum Gasteiger partial charge on any atom is -0.481 e. The zero-order valence-corrected chi connectivity index (χ0v) is 20.9. The van der Waals surface area contributed by atoms with Crippen LogP contribution in [0.3, 0.4) is 0 Å². The number of hydrogen-bond acceptors (Lipinski definition) is 5. The first-order valence-electron chi connectivity index (χ1n) is 13.1. The van der Waals surface area contributed by atoms with E-state index in [1.807, 2.05) is 0 Å². The molecule has 6 nitrogen and oxygen atoms in total. The summed E-state index contributed by atoms with van der Waals surface area (Å²) in [6, 6.07) is 0. The molecular weight excluding hydrogens is 418 g/mol. The van der Waals surface area contributed by atoms with Crippen LogP contribution in [-0.4, -0.2) is 60.9 Å². The minimum atomic E-state index is -1.17. The molecule has 3 saturated carbocycles. The molecule has 1 aliphatic heterocycles. The van der Waals surface area contributed by atoms with E-state index in [1.165, 1.54) is 0 Å². The number of carbonyl (C=O) groups is 2. The van der Waals surface area contributed by atoms with E-state index in [0.717, 1.165) is 44.2 Å². The number of rotatable bonds is 7. The fourth-order valence-electron chi connectivity index (χ4n) is 9.22. The van der Waals surface area contributed by atoms with Crippen molar-refractivity contribution >= 4 is 12.3 Å². The van der Waals surface area contributed by atoms with Gasteiger partial charge in [0.15, 0.2) is 6.29 Å². The minimum absolute atomic E-state index is 0.0669. The monoisotopic (exact) mass is 459 g/mol. The predicted molar refractivity (Wildman–Crippen MR) is 124 cm³/mol. The van der Waals surface area contributed by atoms with E-state index in [2.05, 4.69) is 45.6 Å². The normalized spacial score (nSPS) is 48.7. The standard InChI is InChI=1S/C27H41NO5/c1-6-28-12-18(5)33-23(13-28)32-15-26-11-20-17(4)7-8-21(20)25(14-29)10-19(26)9-22(16(2)3)27(25,26)24(30)31/h9,14,16-21,23H,6-8,10-13,15H2,1-5H3,(H,30,31)/t17-,18-,19+,20-,21-,23-,25+,26?,27+/m1/s1. The first kappa shape index (κ1) is 23.5. The van der Waals surface area contributed by atoms with E-state index >= 15 is 0 Å². The molecule has 184 valence electrons. The molecule has 5 rings (SSSR count). The van der Waals surface area contributed by atoms with Gasteiger partial charge < -0.3 is 19.4 Å². The molecule has 0 aromatic carbocycles. The summed E-state index contributed by atoms with van der Waals surface area (Å²) < 4.78 is 12.7. The van der Waals surface area contributed by atoms with Crippen LogP contribution in [0, 0.1) is 45.8 Å². The van der Waals surface area contributed by atoms with Crippen LogP contribution in [0.4, 0.5) is 0 Å². The summed E-state index contributed by atoms with van der Waals surface area (Å²) in [6.07, 6.45) is 6.56. The number of hydrogen-bond donors (Lipinski definition) is 1. The second-order valence-electron chi connectivity index (χ2n) is 12.0. The van der Waals surface area contributed by atoms with Crippen molar-refractivity contribution in [2.24, 2.45) is 45.8 Å². The molecular formula is C27H41NO5. The van der Waals surface area contributed by atoms with Crippen LogP contribution in [0.1, 0.15) is 60.3 Å². The number of allylic oxidation sites excluding steroid dienone is 1. The van der Waals surface area contributed by atoms with Crippen molar-refractivity contribution < 1.29 is 24.2 Å². The van der Waals surface area contributed by atoms with Gasteiger partial charge >= 0.3 is 5.97 Å². The molecule has 0 spiro atoms. The molecule has 6 heteroatoms. The molecule has 0 amide bonds. The molecule has 4 fully saturated rings. The highest BCUT2D eigenvalue weighted by molar-refractivity contribution is 5.90. The maximum Gasteiger partial charge on any atom is 0.315 e. The highest BCUT2D eigenvalue weighted by Gasteiger charge is 2.84. The van der Waals surface area contributed by atoms with Gasteiger partial charge in [0.25, 0.3) is 0 Å². The van der Waals surface area contributed by atoms with Crippen LogP contribution in [-0.2, 0) is 19.1 Å². The number of aliphatic carboxylic acids is 1. The number of carboxylic acid groups (broad SMARTS) is 1. The Morgan fingerprint density at radius 3 is 2.70 bits per heavy atom. The molecule has 1 saturated heterocycles. The van der Waals surface area contributed by atoms with Gasteiger partial charge in [-0.15, -0.1) is 0 Å². The van der Waals surface area contributed by atoms with Crippen molar-refractivity contribution in [1.82, 2.24) is 4.90 Å². The Kier molecular flexibility index (Phi) is 5.62. The van der Waals surface area contributed by atoms with Crippen molar-refractivity contribution in [2.75, 3.05) is 26.2 Å². The number of carbonyl (C=O) groups excluding carboxylic acids is 1. The molecule has 0 radical (unpaired) electrons. The van der Waals surface area contributed by atoms with Crippen molar-refractivity contribution in [3.63, 3.8) is 0 Å². The lowest BCUT2D eigenvalue weighted by Crippen LogP contribution is -2.64. The third-order valence-corrected chi connectivity index (χ3v) is 10.4. The van der Waals surface area contributed by atoms with E-state index in [-0.39, 0.29) is 30.1 Å². The molecule has 1 heterocycles. The number of aldehydes is 1. The average molecular weight is 460 g/mol. The molecule has 33 heavy (non-hydrogen) atoms. The summed E-state index contributed by atoms with van der Waals surface area (Å²) in [5.41, 5.74) is -1.62. The molecule has 0 aromatic heterocycles. The van der Waals surface area contributed by atoms with Gasteiger partial charge in [-0.2, -0.15) is 0 Å². The Morgan fingerprint density at radius 1 is 1.30 bits per heavy atom. The Hall–Kier alpha value is -1.24. The quantitative estimate of drug-likeness (QED) is 0.458. The van der Waals surface area contributed by atoms with Gasteiger partial charge in [-0.1, -0.05) is 45.8 Å². The topological polar surface area (TPSA) is 76.1 Å². The summed E-state index contributed by atoms with van der Waals surface area (Å²) in [5.74, 6) is 0.391. The summed E-state index contributed by atoms with van der Waals surface area (Å²) in [4.78, 5) is 28.9. The van der Waals surface area contributed by atoms with Crippen molar-refractivity contribution in [1.29, 1.82) is 0 Å². The van der Waals surface area contributed by atoms with Crippen LogP contribution in [0.25, 0.3) is 0 Å². The van der Waals surface area contributed by atoms with E-state index in [0.29, 0.717) is 31.4 Å². The lowest BCUT2D eigenvalue weighted by molar-refractivity contribution is -0.235. The lowest BCUT2D eigenvalue weighted by atomic mass is 9.43. The van der Waals surface area contributed by atoms with Crippen molar-refractivity contribution in [3.8, 4) is 0 Å². The Bertz CT molecular complexity index is 855. The zero-order chi connectivity index (χ0) is 23.8. The van der Waals surface area contributed by atoms with Crippen LogP contribution in [0.2, 0.25) is 0 Å². The van der Waals surface area contributed by atoms with Gasteiger partial charge in [-0.25, -0.2) is 0 Å². The smallest absolute Gasteiger partial charge is 0.315 e. The first-order chi connectivity index (χ1) is 15.7. The molecule has 4 aliphatic carbocycles. The highest BCUT2D eigenvalue weighted by Crippen LogP contribution is 2.82. The SMILES string of the molecule is CCN1C[C@H](OCC23C[C@@H]4[C@H](C)CC[C@H]4[C@@]4(C=O)C[C@@H]2C=C(C(C)C)[C@@]34C(=O)O)O[C@H](C)C1. The summed E-state index contributed by atoms with van der Waals surface area (Å²) in [6.45, 7) is 13.5. The zero-order valence-electron chi connectivity index (χ0n) is 20.9. The Labute approximate surface area is 198 Å². The molecule has 0 aromatic rings.